The second-order valence-corrected chi connectivity index (χ2v) is 7.63. The Morgan fingerprint density at radius 3 is 2.64 bits per heavy atom. The van der Waals surface area contributed by atoms with Crippen LogP contribution in [0.2, 0.25) is 5.02 Å². The van der Waals surface area contributed by atoms with Crippen molar-refractivity contribution in [2.75, 3.05) is 4.90 Å². The number of esters is 1. The summed E-state index contributed by atoms with van der Waals surface area (Å²) in [6, 6.07) is 12.5. The third kappa shape index (κ3) is 4.58. The first kappa shape index (κ1) is 20.0. The van der Waals surface area contributed by atoms with Crippen molar-refractivity contribution in [3.8, 4) is 0 Å². The van der Waals surface area contributed by atoms with Crippen molar-refractivity contribution in [1.29, 1.82) is 0 Å². The Bertz CT molecular complexity index is 1030. The van der Waals surface area contributed by atoms with E-state index in [4.69, 9.17) is 16.3 Å². The minimum Gasteiger partial charge on any atom is -0.456 e. The Balaban J connectivity index is 1.76. The number of anilines is 2. The molecule has 0 spiro atoms. The van der Waals surface area contributed by atoms with Gasteiger partial charge in [-0.1, -0.05) is 35.4 Å². The Morgan fingerprint density at radius 1 is 1.18 bits per heavy atom. The molecule has 1 heterocycles. The number of nitrogens with zero attached hydrogens (tertiary/aromatic N) is 2. The number of carbonyl (C=O) groups is 2. The van der Waals surface area contributed by atoms with Crippen LogP contribution in [0.1, 0.15) is 34.1 Å². The lowest BCUT2D eigenvalue weighted by molar-refractivity contribution is -0.115. The summed E-state index contributed by atoms with van der Waals surface area (Å²) in [6.07, 6.45) is 0. The van der Waals surface area contributed by atoms with Gasteiger partial charge in [-0.3, -0.25) is 9.69 Å². The molecule has 144 valence electrons. The van der Waals surface area contributed by atoms with Crippen molar-refractivity contribution in [3.63, 3.8) is 0 Å². The van der Waals surface area contributed by atoms with Crippen molar-refractivity contribution in [2.24, 2.45) is 0 Å². The summed E-state index contributed by atoms with van der Waals surface area (Å²) in [5.41, 5.74) is 3.85. The average molecular weight is 415 g/mol. The monoisotopic (exact) mass is 414 g/mol. The highest BCUT2D eigenvalue weighted by atomic mass is 35.5. The maximum absolute atomic E-state index is 12.3. The van der Waals surface area contributed by atoms with Crippen LogP contribution in [-0.2, 0) is 16.1 Å². The first-order chi connectivity index (χ1) is 13.3. The van der Waals surface area contributed by atoms with Gasteiger partial charge in [-0.15, -0.1) is 11.3 Å². The molecule has 0 aliphatic heterocycles. The van der Waals surface area contributed by atoms with Crippen LogP contribution in [0, 0.1) is 13.8 Å². The predicted octanol–water partition coefficient (Wildman–Crippen LogP) is 5.45. The van der Waals surface area contributed by atoms with Crippen LogP contribution in [0.15, 0.2) is 47.8 Å². The summed E-state index contributed by atoms with van der Waals surface area (Å²) in [5, 5.41) is 2.78. The number of rotatable bonds is 5. The summed E-state index contributed by atoms with van der Waals surface area (Å²) < 4.78 is 5.31. The summed E-state index contributed by atoms with van der Waals surface area (Å²) in [4.78, 5) is 30.5. The number of hydrogen-bond acceptors (Lipinski definition) is 5. The second-order valence-electron chi connectivity index (χ2n) is 6.35. The highest BCUT2D eigenvalue weighted by molar-refractivity contribution is 7.14. The van der Waals surface area contributed by atoms with Crippen LogP contribution in [0.4, 0.5) is 10.8 Å². The number of halogens is 1. The van der Waals surface area contributed by atoms with Crippen molar-refractivity contribution in [1.82, 2.24) is 4.98 Å². The van der Waals surface area contributed by atoms with E-state index >= 15 is 0 Å². The molecule has 0 fully saturated rings. The smallest absolute Gasteiger partial charge is 0.338 e. The van der Waals surface area contributed by atoms with Crippen LogP contribution >= 0.6 is 22.9 Å². The third-order valence-corrected chi connectivity index (χ3v) is 5.16. The first-order valence-electron chi connectivity index (χ1n) is 8.60. The zero-order chi connectivity index (χ0) is 20.3. The first-order valence-corrected chi connectivity index (χ1v) is 9.86. The average Bonchev–Trinajstić information content (AvgIpc) is 3.10. The maximum Gasteiger partial charge on any atom is 0.338 e. The van der Waals surface area contributed by atoms with Crippen LogP contribution in [0.25, 0.3) is 0 Å². The van der Waals surface area contributed by atoms with E-state index in [2.05, 4.69) is 4.98 Å². The largest absolute Gasteiger partial charge is 0.456 e. The minimum absolute atomic E-state index is 0.0144. The summed E-state index contributed by atoms with van der Waals surface area (Å²) in [5.74, 6) is -0.612. The molecule has 0 unspecified atom stereocenters. The van der Waals surface area contributed by atoms with Crippen LogP contribution in [0.5, 0.6) is 0 Å². The molecule has 0 radical (unpaired) electrons. The van der Waals surface area contributed by atoms with Crippen molar-refractivity contribution >= 4 is 45.6 Å². The number of thiazole rings is 1. The normalized spacial score (nSPS) is 10.6. The van der Waals surface area contributed by atoms with Gasteiger partial charge in [0.05, 0.1) is 16.9 Å². The van der Waals surface area contributed by atoms with Gasteiger partial charge in [0.1, 0.15) is 6.61 Å². The highest BCUT2D eigenvalue weighted by Gasteiger charge is 2.20. The van der Waals surface area contributed by atoms with Gasteiger partial charge in [0.2, 0.25) is 5.91 Å². The molecule has 7 heteroatoms. The molecule has 0 N–H and O–H groups in total. The molecule has 28 heavy (non-hydrogen) atoms. The number of carbonyl (C=O) groups excluding carboxylic acids is 2. The van der Waals surface area contributed by atoms with Crippen LogP contribution in [-0.4, -0.2) is 16.9 Å². The quantitative estimate of drug-likeness (QED) is 0.520. The van der Waals surface area contributed by atoms with Gasteiger partial charge in [0, 0.05) is 17.3 Å². The molecule has 0 atom stereocenters. The molecule has 0 aliphatic carbocycles. The number of hydrogen-bond donors (Lipinski definition) is 0. The number of ether oxygens (including phenoxy) is 1. The van der Waals surface area contributed by atoms with E-state index in [0.717, 1.165) is 16.8 Å². The molecule has 2 aromatic carbocycles. The summed E-state index contributed by atoms with van der Waals surface area (Å²) >= 11 is 7.22. The lowest BCUT2D eigenvalue weighted by atomic mass is 10.1. The van der Waals surface area contributed by atoms with Gasteiger partial charge < -0.3 is 4.74 Å². The third-order valence-electron chi connectivity index (χ3n) is 4.05. The molecular weight excluding hydrogens is 396 g/mol. The SMILES string of the molecule is CC(=O)N(c1nc(COC(=O)c2cccc(Cl)c2)cs1)c1ccc(C)cc1C. The fraction of sp³-hybridized carbons (Fsp3) is 0.190. The predicted molar refractivity (Wildman–Crippen MR) is 111 cm³/mol. The highest BCUT2D eigenvalue weighted by Crippen LogP contribution is 2.32. The van der Waals surface area contributed by atoms with Crippen LogP contribution in [0.3, 0.4) is 0 Å². The Labute approximate surface area is 172 Å². The molecular formula is C21H19ClN2O3S. The Morgan fingerprint density at radius 2 is 1.96 bits per heavy atom. The lowest BCUT2D eigenvalue weighted by Crippen LogP contribution is -2.23. The number of aryl methyl sites for hydroxylation is 2. The molecule has 0 saturated carbocycles. The Hall–Kier alpha value is -2.70. The fourth-order valence-electron chi connectivity index (χ4n) is 2.77. The second kappa shape index (κ2) is 8.54. The lowest BCUT2D eigenvalue weighted by Gasteiger charge is -2.20. The van der Waals surface area contributed by atoms with E-state index < -0.39 is 5.97 Å². The number of amides is 1. The van der Waals surface area contributed by atoms with E-state index in [-0.39, 0.29) is 12.5 Å². The van der Waals surface area contributed by atoms with E-state index in [1.165, 1.54) is 18.3 Å². The van der Waals surface area contributed by atoms with E-state index in [1.807, 2.05) is 32.0 Å². The van der Waals surface area contributed by atoms with Crippen molar-refractivity contribution in [3.05, 3.63) is 75.3 Å². The molecule has 0 aliphatic rings. The summed E-state index contributed by atoms with van der Waals surface area (Å²) in [6.45, 7) is 5.48. The van der Waals surface area contributed by atoms with Gasteiger partial charge >= 0.3 is 5.97 Å². The van der Waals surface area contributed by atoms with Crippen molar-refractivity contribution < 1.29 is 14.3 Å². The standard InChI is InChI=1S/C21H19ClN2O3S/c1-13-7-8-19(14(2)9-13)24(15(3)25)21-23-18(12-28-21)11-27-20(26)16-5-4-6-17(22)10-16/h4-10,12H,11H2,1-3H3. The van der Waals surface area contributed by atoms with Gasteiger partial charge in [-0.2, -0.15) is 0 Å². The molecule has 0 saturated heterocycles. The maximum atomic E-state index is 12.3. The molecule has 3 rings (SSSR count). The van der Waals surface area contributed by atoms with E-state index in [1.54, 1.807) is 34.5 Å². The van der Waals surface area contributed by atoms with Gasteiger partial charge in [0.25, 0.3) is 0 Å². The summed E-state index contributed by atoms with van der Waals surface area (Å²) in [7, 11) is 0. The number of benzene rings is 2. The van der Waals surface area contributed by atoms with Gasteiger partial charge in [0.15, 0.2) is 5.13 Å². The zero-order valence-electron chi connectivity index (χ0n) is 15.7. The molecule has 0 bridgehead atoms. The minimum atomic E-state index is -0.477. The molecule has 1 amide bonds. The van der Waals surface area contributed by atoms with Crippen LogP contribution < -0.4 is 4.90 Å². The van der Waals surface area contributed by atoms with Crippen molar-refractivity contribution in [2.45, 2.75) is 27.4 Å². The fourth-order valence-corrected chi connectivity index (χ4v) is 3.82. The molecule has 5 nitrogen and oxygen atoms in total. The van der Waals surface area contributed by atoms with Gasteiger partial charge in [-0.05, 0) is 43.7 Å². The zero-order valence-corrected chi connectivity index (χ0v) is 17.3. The molecule has 1 aromatic heterocycles. The number of aromatic nitrogens is 1. The van der Waals surface area contributed by atoms with Gasteiger partial charge in [-0.25, -0.2) is 9.78 Å². The topological polar surface area (TPSA) is 59.5 Å². The molecule has 3 aromatic rings. The van der Waals surface area contributed by atoms with E-state index in [9.17, 15) is 9.59 Å². The van der Waals surface area contributed by atoms with E-state index in [0.29, 0.717) is 21.4 Å². The Kier molecular flexibility index (Phi) is 6.11.